The van der Waals surface area contributed by atoms with E-state index in [4.69, 9.17) is 16.2 Å². The van der Waals surface area contributed by atoms with Crippen LogP contribution in [0.5, 0.6) is 0 Å². The van der Waals surface area contributed by atoms with Crippen molar-refractivity contribution in [3.63, 3.8) is 0 Å². The van der Waals surface area contributed by atoms with Crippen molar-refractivity contribution in [2.24, 2.45) is 11.5 Å². The van der Waals surface area contributed by atoms with E-state index >= 15 is 9.59 Å². The number of fused-ring (bicyclic) bond motifs is 2. The van der Waals surface area contributed by atoms with Gasteiger partial charge in [0.05, 0.1) is 51.0 Å². The molecule has 4 aromatic rings. The van der Waals surface area contributed by atoms with Gasteiger partial charge >= 0.3 is 5.97 Å². The number of nitrogens with two attached hydrogens (primary N) is 2. The fourth-order valence-electron chi connectivity index (χ4n) is 12.7. The maximum Gasteiger partial charge on any atom is 0.326 e. The molecule has 1 saturated heterocycles. The van der Waals surface area contributed by atoms with Crippen LogP contribution in [-0.4, -0.2) is 280 Å². The Morgan fingerprint density at radius 1 is 0.619 bits per heavy atom. The van der Waals surface area contributed by atoms with Crippen molar-refractivity contribution in [1.82, 2.24) is 68.4 Å². The number of hydrogen-bond donors (Lipinski definition) is 24. The Morgan fingerprint density at radius 2 is 1.19 bits per heavy atom. The van der Waals surface area contributed by atoms with Crippen molar-refractivity contribution in [3.05, 3.63) is 142 Å². The molecule has 0 saturated carbocycles. The Balaban J connectivity index is 1.43. The van der Waals surface area contributed by atoms with Crippen molar-refractivity contribution < 1.29 is 132 Å². The number of nitrogens with zero attached hydrogens (tertiary/aromatic N) is 2. The van der Waals surface area contributed by atoms with Crippen molar-refractivity contribution in [1.29, 1.82) is 0 Å². The highest BCUT2D eigenvalue weighted by Gasteiger charge is 2.46. The molecule has 3 aliphatic heterocycles. The van der Waals surface area contributed by atoms with E-state index in [0.29, 0.717) is 26.7 Å². The quantitative estimate of drug-likeness (QED) is 0.0345. The Morgan fingerprint density at radius 3 is 1.82 bits per heavy atom. The van der Waals surface area contributed by atoms with Gasteiger partial charge in [0.2, 0.25) is 89.3 Å². The monoisotopic (exact) mass is 1720 g/mol. The van der Waals surface area contributed by atoms with Gasteiger partial charge in [0.1, 0.15) is 103 Å². The zero-order chi connectivity index (χ0) is 86.9. The number of primary amides is 2. The number of carbonyl (C=O) groups is 15. The molecule has 0 aliphatic carbocycles. The number of imidazole rings is 1. The number of allylic oxidation sites excluding steroid dienone is 2. The molecule has 4 bridgehead atoms. The third kappa shape index (κ3) is 27.0. The minimum atomic E-state index is -2.75. The van der Waals surface area contributed by atoms with Crippen LogP contribution in [-0.2, 0) is 96.0 Å². The SMILES string of the molecule is CC(/C=C/c1ccccc1)=C\[C@H](O)C1CC(=O)N[C@@H](CO)C(=O)N[C@@H]2C[n+]3cc(n(C4OCC(O)C(O)C4O)c3)C[C@H](NC(=O)CCC[C@@H](C(=O)O)NC(=O)[C@H](O)CNC(=O)[C@H]([C@@H](C)c3ccc(Br)cc3)NC(=O)[C@H]([C@@H](O)C(N)=O)NC(=O)[C@H](CC(N)=O)NC2=O)C(=O)N[C@@H]([C@H](C)O)C(=O)N[C@@H](CO)C(=O)N[C@@H](Cc2ccccc2)C(=O)N1. The second kappa shape index (κ2) is 44.2. The first-order valence-electron chi connectivity index (χ1n) is 37.2. The Bertz CT molecular complexity index is 4330. The van der Waals surface area contributed by atoms with Crippen molar-refractivity contribution in [3.8, 4) is 0 Å². The minimum absolute atomic E-state index is 0.295. The molecule has 0 spiro atoms. The van der Waals surface area contributed by atoms with E-state index in [-0.39, 0.29) is 12.1 Å². The molecule has 1 fully saturated rings. The van der Waals surface area contributed by atoms with Crippen LogP contribution in [0.25, 0.3) is 6.08 Å². The van der Waals surface area contributed by atoms with Crippen LogP contribution in [0.2, 0.25) is 0 Å². The maximum atomic E-state index is 15.3. The Hall–Kier alpha value is -11.5. The number of aliphatic carboxylic acids is 1. The largest absolute Gasteiger partial charge is 0.480 e. The van der Waals surface area contributed by atoms with Gasteiger partial charge < -0.3 is 131 Å². The van der Waals surface area contributed by atoms with Gasteiger partial charge in [-0.05, 0) is 55.5 Å². The van der Waals surface area contributed by atoms with Gasteiger partial charge in [0.15, 0.2) is 6.10 Å². The van der Waals surface area contributed by atoms with Crippen LogP contribution in [0.15, 0.2) is 120 Å². The van der Waals surface area contributed by atoms with Crippen molar-refractivity contribution >= 4 is 111 Å². The molecule has 7 rings (SSSR count). The lowest BCUT2D eigenvalue weighted by molar-refractivity contribution is -0.697. The van der Waals surface area contributed by atoms with Crippen molar-refractivity contribution in [2.45, 2.75) is 194 Å². The van der Waals surface area contributed by atoms with Gasteiger partial charge in [0.25, 0.3) is 5.91 Å². The van der Waals surface area contributed by atoms with E-state index in [1.807, 2.05) is 5.32 Å². The zero-order valence-corrected chi connectivity index (χ0v) is 65.5. The molecule has 3 aliphatic rings. The summed E-state index contributed by atoms with van der Waals surface area (Å²) in [5.74, 6) is -22.5. The second-order valence-electron chi connectivity index (χ2n) is 28.4. The molecule has 640 valence electrons. The molecule has 0 radical (unpaired) electrons. The lowest BCUT2D eigenvalue weighted by atomic mass is 9.92. The van der Waals surface area contributed by atoms with E-state index in [9.17, 15) is 113 Å². The highest BCUT2D eigenvalue weighted by molar-refractivity contribution is 9.10. The molecule has 20 atom stereocenters. The first-order valence-corrected chi connectivity index (χ1v) is 38.0. The number of benzene rings is 3. The molecule has 43 heteroatoms. The van der Waals surface area contributed by atoms with Crippen LogP contribution in [0.4, 0.5) is 0 Å². The summed E-state index contributed by atoms with van der Waals surface area (Å²) in [6, 6.07) is -0.250. The maximum absolute atomic E-state index is 15.3. The van der Waals surface area contributed by atoms with Crippen LogP contribution >= 0.6 is 15.9 Å². The topological polar surface area (TPSA) is 673 Å². The number of hydrogen-bond acceptors (Lipinski definition) is 25. The molecule has 1 aromatic heterocycles. The molecule has 42 nitrogen and oxygen atoms in total. The number of aliphatic hydroxyl groups is 9. The highest BCUT2D eigenvalue weighted by Crippen LogP contribution is 2.27. The fourth-order valence-corrected chi connectivity index (χ4v) is 12.9. The summed E-state index contributed by atoms with van der Waals surface area (Å²) in [5.41, 5.74) is 12.5. The lowest BCUT2D eigenvalue weighted by Gasteiger charge is -2.33. The Labute approximate surface area is 681 Å². The number of amides is 14. The van der Waals surface area contributed by atoms with Crippen LogP contribution in [0.1, 0.15) is 87.4 Å². The van der Waals surface area contributed by atoms with Gasteiger partial charge in [-0.1, -0.05) is 119 Å². The molecule has 14 amide bonds. The van der Waals surface area contributed by atoms with Crippen LogP contribution in [0, 0.1) is 0 Å². The molecule has 4 heterocycles. The predicted octanol–water partition coefficient (Wildman–Crippen LogP) is -9.67. The van der Waals surface area contributed by atoms with E-state index in [1.54, 1.807) is 79.7 Å². The van der Waals surface area contributed by atoms with E-state index in [0.717, 1.165) is 28.6 Å². The molecule has 5 unspecified atom stereocenters. The van der Waals surface area contributed by atoms with Gasteiger partial charge in [-0.15, -0.1) is 0 Å². The average molecular weight is 1720 g/mol. The molecule has 118 heavy (non-hydrogen) atoms. The summed E-state index contributed by atoms with van der Waals surface area (Å²) < 4.78 is 8.30. The average Bonchev–Trinajstić information content (AvgIpc) is 1.60. The number of aliphatic hydroxyl groups excluding tert-OH is 9. The molecular formula is C75H98BrN16O26+. The minimum Gasteiger partial charge on any atom is -0.480 e. The fraction of sp³-hybridized carbons (Fsp3) is 0.467. The second-order valence-corrected chi connectivity index (χ2v) is 29.3. The Kier molecular flexibility index (Phi) is 35.0. The summed E-state index contributed by atoms with van der Waals surface area (Å²) in [6.07, 6.45) is -15.5. The first kappa shape index (κ1) is 93.6. The van der Waals surface area contributed by atoms with E-state index in [1.165, 1.54) is 37.3 Å². The summed E-state index contributed by atoms with van der Waals surface area (Å²) in [6.45, 7) is -1.43. The number of ether oxygens (including phenoxy) is 1. The molecular weight excluding hydrogens is 1620 g/mol. The van der Waals surface area contributed by atoms with Gasteiger partial charge in [0, 0.05) is 36.1 Å². The third-order valence-electron chi connectivity index (χ3n) is 19.3. The standard InChI is InChI=1S/C75H97BrN16O26/c1-35(17-18-38-11-6-4-7-12-38)23-51(96)44-27-56(101)81-49(31-93)68(110)86-48-30-91-29-42(92(34-91)74-62(104)60(102)53(98)33-118-74)25-46(65(107)89-58(37(3)95)72(114)87-50(32-94)69(111)84-45(64(106)83-44)24-39-13-8-5-9-14-39)80-55(100)16-10-15-43(75(116)117)82-70(112)52(97)28-79-71(113)57(36(2)40-19-21-41(76)22-20-40)88-73(115)59(61(103)63(78)105)90-66(108)47(26-54(77)99)85-67(48)109/h4-9,11-14,17-23,29,34,36-37,43-53,57-62,74,93-98,102-104H,10,15-16,24-28,30-33H2,1-3H3,(H16-,77,78,79,80,81,82,83,84,85,86,87,88,89,90,99,100,101,105,106,107,108,109,110,111,112,113,114,115,116,117)/p+1/b18-17+,35-23+/t36-,37-,43-,44?,45-,46-,47-,48+,49-,50-,51-,52+,53?,57-,58-,59-,60?,61+,62?,74?/m0/s1. The molecule has 26 N–H and O–H groups in total. The first-order chi connectivity index (χ1) is 55.9. The van der Waals surface area contributed by atoms with Crippen LogP contribution in [0.3, 0.4) is 0 Å². The summed E-state index contributed by atoms with van der Waals surface area (Å²) >= 11 is 3.29. The molecule has 3 aromatic carbocycles. The summed E-state index contributed by atoms with van der Waals surface area (Å²) in [5, 5.41) is 138. The third-order valence-corrected chi connectivity index (χ3v) is 19.8. The highest BCUT2D eigenvalue weighted by atomic mass is 79.9. The van der Waals surface area contributed by atoms with Gasteiger partial charge in [-0.25, -0.2) is 13.9 Å². The van der Waals surface area contributed by atoms with E-state index < -0.39 is 281 Å². The number of β-amino-alcohol motifs (C(OH)–C–C–N with tert-alkyl or cyclic N) is 1. The van der Waals surface area contributed by atoms with Gasteiger partial charge in [-0.2, -0.15) is 0 Å². The number of carbonyl (C=O) groups excluding carboxylic acids is 14. The smallest absolute Gasteiger partial charge is 0.326 e. The lowest BCUT2D eigenvalue weighted by Crippen LogP contribution is -2.64. The van der Waals surface area contributed by atoms with Gasteiger partial charge in [-0.3, -0.25) is 67.1 Å². The van der Waals surface area contributed by atoms with Crippen LogP contribution < -0.4 is 79.8 Å². The number of nitrogens with one attached hydrogen (secondary N) is 12. The predicted molar refractivity (Wildman–Crippen MR) is 411 cm³/mol. The van der Waals surface area contributed by atoms with E-state index in [2.05, 4.69) is 74.4 Å². The number of aromatic nitrogens is 2. The number of carboxylic acids is 1. The summed E-state index contributed by atoms with van der Waals surface area (Å²) in [7, 11) is 0. The zero-order valence-electron chi connectivity index (χ0n) is 63.9. The summed E-state index contributed by atoms with van der Waals surface area (Å²) in [4.78, 5) is 214. The number of carboxylic acid groups (broad SMARTS) is 1. The number of halogens is 1. The number of rotatable bonds is 17. The van der Waals surface area contributed by atoms with Crippen molar-refractivity contribution in [2.75, 3.05) is 26.4 Å². The normalized spacial score (nSPS) is 28.0.